The van der Waals surface area contributed by atoms with Gasteiger partial charge in [-0.3, -0.25) is 4.79 Å². The maximum absolute atomic E-state index is 13.0. The van der Waals surface area contributed by atoms with Crippen LogP contribution in [-0.2, 0) is 0 Å². The van der Waals surface area contributed by atoms with E-state index in [4.69, 9.17) is 4.74 Å². The van der Waals surface area contributed by atoms with Crippen molar-refractivity contribution in [3.05, 3.63) is 35.7 Å². The van der Waals surface area contributed by atoms with Crippen LogP contribution in [0.5, 0.6) is 5.75 Å². The van der Waals surface area contributed by atoms with Crippen molar-refractivity contribution >= 4 is 5.91 Å². The van der Waals surface area contributed by atoms with Crippen LogP contribution < -0.4 is 10.1 Å². The zero-order chi connectivity index (χ0) is 18.3. The van der Waals surface area contributed by atoms with Crippen LogP contribution in [0.2, 0.25) is 0 Å². The zero-order valence-electron chi connectivity index (χ0n) is 15.5. The van der Waals surface area contributed by atoms with Crippen LogP contribution in [0.15, 0.2) is 24.3 Å². The fraction of sp³-hybridized carbons (Fsp3) is 0.526. The van der Waals surface area contributed by atoms with Crippen molar-refractivity contribution in [3.8, 4) is 11.4 Å². The number of amides is 1. The number of piperidine rings is 1. The molecule has 2 unspecified atom stereocenters. The van der Waals surface area contributed by atoms with Gasteiger partial charge in [-0.1, -0.05) is 5.21 Å². The van der Waals surface area contributed by atoms with Crippen molar-refractivity contribution in [1.82, 2.24) is 25.2 Å². The van der Waals surface area contributed by atoms with Gasteiger partial charge in [0.15, 0.2) is 5.69 Å². The molecule has 1 amide bonds. The Morgan fingerprint density at radius 2 is 1.88 bits per heavy atom. The Bertz CT molecular complexity index is 789. The summed E-state index contributed by atoms with van der Waals surface area (Å²) in [6.07, 6.45) is 4.47. The number of carbonyl (C=O) groups excluding carboxylic acids is 1. The number of hydrogen-bond acceptors (Lipinski definition) is 5. The third-order valence-electron chi connectivity index (χ3n) is 5.73. The van der Waals surface area contributed by atoms with Gasteiger partial charge < -0.3 is 15.0 Å². The molecule has 2 bridgehead atoms. The normalized spacial score (nSPS) is 24.5. The Hall–Kier alpha value is -2.41. The number of methoxy groups -OCH3 is 1. The van der Waals surface area contributed by atoms with Gasteiger partial charge in [-0.05, 0) is 56.9 Å². The number of aromatic nitrogens is 3. The molecule has 0 spiro atoms. The maximum atomic E-state index is 13.0. The molecule has 2 aromatic rings. The molecule has 2 aliphatic heterocycles. The van der Waals surface area contributed by atoms with Gasteiger partial charge in [-0.25, -0.2) is 4.68 Å². The molecule has 7 nitrogen and oxygen atoms in total. The van der Waals surface area contributed by atoms with E-state index in [2.05, 4.69) is 15.6 Å². The number of carbonyl (C=O) groups is 1. The Kier molecular flexibility index (Phi) is 4.40. The summed E-state index contributed by atoms with van der Waals surface area (Å²) in [6, 6.07) is 8.91. The van der Waals surface area contributed by atoms with Gasteiger partial charge in [0, 0.05) is 25.2 Å². The van der Waals surface area contributed by atoms with E-state index >= 15 is 0 Å². The minimum absolute atomic E-state index is 0.0476. The third-order valence-corrected chi connectivity index (χ3v) is 5.73. The first-order valence-corrected chi connectivity index (χ1v) is 9.16. The molecule has 138 valence electrons. The molecule has 2 fully saturated rings. The van der Waals surface area contributed by atoms with Crippen molar-refractivity contribution in [3.63, 3.8) is 0 Å². The Labute approximate surface area is 153 Å². The summed E-state index contributed by atoms with van der Waals surface area (Å²) in [6.45, 7) is 1.89. The fourth-order valence-electron chi connectivity index (χ4n) is 4.17. The van der Waals surface area contributed by atoms with Gasteiger partial charge in [0.1, 0.15) is 5.75 Å². The number of nitrogens with zero attached hydrogens (tertiary/aromatic N) is 4. The number of nitrogens with one attached hydrogen (secondary N) is 1. The van der Waals surface area contributed by atoms with Crippen LogP contribution in [0.4, 0.5) is 0 Å². The number of benzene rings is 1. The van der Waals surface area contributed by atoms with E-state index in [0.29, 0.717) is 17.8 Å². The molecule has 0 saturated carbocycles. The zero-order valence-corrected chi connectivity index (χ0v) is 15.5. The van der Waals surface area contributed by atoms with Gasteiger partial charge in [-0.2, -0.15) is 0 Å². The molecule has 0 radical (unpaired) electrons. The molecule has 2 atom stereocenters. The lowest BCUT2D eigenvalue weighted by molar-refractivity contribution is 0.0675. The maximum Gasteiger partial charge on any atom is 0.276 e. The van der Waals surface area contributed by atoms with Gasteiger partial charge in [0.2, 0.25) is 0 Å². The lowest BCUT2D eigenvalue weighted by Gasteiger charge is -2.35. The highest BCUT2D eigenvalue weighted by Gasteiger charge is 2.37. The summed E-state index contributed by atoms with van der Waals surface area (Å²) in [7, 11) is 3.53. The third kappa shape index (κ3) is 2.96. The summed E-state index contributed by atoms with van der Waals surface area (Å²) in [5.74, 6) is 0.733. The SMILES string of the molecule is COc1ccc(-n2nnc(C(=O)N(C)C3CC4CCC(C3)N4)c2C)cc1. The summed E-state index contributed by atoms with van der Waals surface area (Å²) in [5, 5.41) is 12.0. The van der Waals surface area contributed by atoms with Gasteiger partial charge in [0.05, 0.1) is 18.5 Å². The minimum atomic E-state index is -0.0476. The van der Waals surface area contributed by atoms with Gasteiger partial charge >= 0.3 is 0 Å². The molecule has 7 heteroatoms. The number of ether oxygens (including phenoxy) is 1. The molecule has 1 N–H and O–H groups in total. The van der Waals surface area contributed by atoms with Crippen molar-refractivity contribution in [1.29, 1.82) is 0 Å². The quantitative estimate of drug-likeness (QED) is 0.907. The van der Waals surface area contributed by atoms with Gasteiger partial charge in [0.25, 0.3) is 5.91 Å². The molecule has 2 saturated heterocycles. The van der Waals surface area contributed by atoms with E-state index in [-0.39, 0.29) is 11.9 Å². The number of hydrogen-bond donors (Lipinski definition) is 1. The molecule has 26 heavy (non-hydrogen) atoms. The topological polar surface area (TPSA) is 72.3 Å². The summed E-state index contributed by atoms with van der Waals surface area (Å²) in [5.41, 5.74) is 2.04. The van der Waals surface area contributed by atoms with E-state index in [1.807, 2.05) is 43.1 Å². The van der Waals surface area contributed by atoms with Crippen molar-refractivity contribution < 1.29 is 9.53 Å². The van der Waals surface area contributed by atoms with E-state index in [9.17, 15) is 4.79 Å². The van der Waals surface area contributed by atoms with E-state index in [0.717, 1.165) is 30.0 Å². The Morgan fingerprint density at radius 3 is 2.50 bits per heavy atom. The summed E-state index contributed by atoms with van der Waals surface area (Å²) in [4.78, 5) is 14.9. The average Bonchev–Trinajstić information content (AvgIpc) is 3.22. The molecule has 1 aromatic carbocycles. The van der Waals surface area contributed by atoms with Gasteiger partial charge in [-0.15, -0.1) is 5.10 Å². The van der Waals surface area contributed by atoms with E-state index in [1.54, 1.807) is 11.8 Å². The highest BCUT2D eigenvalue weighted by atomic mass is 16.5. The molecular weight excluding hydrogens is 330 g/mol. The van der Waals surface area contributed by atoms with Crippen molar-refractivity contribution in [2.24, 2.45) is 0 Å². The predicted octanol–water partition coefficient (Wildman–Crippen LogP) is 1.94. The molecule has 1 aromatic heterocycles. The first-order chi connectivity index (χ1) is 12.6. The Balaban J connectivity index is 1.54. The van der Waals surface area contributed by atoms with E-state index in [1.165, 1.54) is 12.8 Å². The summed E-state index contributed by atoms with van der Waals surface area (Å²) < 4.78 is 6.89. The standard InChI is InChI=1S/C19H25N5O2/c1-12-18(21-22-24(12)15-6-8-17(26-3)9-7-15)19(25)23(2)16-10-13-4-5-14(11-16)20-13/h6-9,13-14,16,20H,4-5,10-11H2,1-3H3. The van der Waals surface area contributed by atoms with Crippen LogP contribution in [0.1, 0.15) is 41.9 Å². The first-order valence-electron chi connectivity index (χ1n) is 9.16. The van der Waals surface area contributed by atoms with Crippen LogP contribution >= 0.6 is 0 Å². The first kappa shape index (κ1) is 17.0. The minimum Gasteiger partial charge on any atom is -0.497 e. The van der Waals surface area contributed by atoms with Crippen LogP contribution in [0.25, 0.3) is 5.69 Å². The monoisotopic (exact) mass is 355 g/mol. The smallest absolute Gasteiger partial charge is 0.276 e. The molecule has 2 aliphatic rings. The Morgan fingerprint density at radius 1 is 1.23 bits per heavy atom. The molecule has 4 rings (SSSR count). The number of fused-ring (bicyclic) bond motifs is 2. The molecule has 3 heterocycles. The molecular formula is C19H25N5O2. The number of rotatable bonds is 4. The molecule has 0 aliphatic carbocycles. The van der Waals surface area contributed by atoms with Crippen LogP contribution in [-0.4, -0.2) is 58.1 Å². The fourth-order valence-corrected chi connectivity index (χ4v) is 4.17. The van der Waals surface area contributed by atoms with Crippen molar-refractivity contribution in [2.45, 2.75) is 50.7 Å². The van der Waals surface area contributed by atoms with Crippen LogP contribution in [0.3, 0.4) is 0 Å². The van der Waals surface area contributed by atoms with Crippen LogP contribution in [0, 0.1) is 6.92 Å². The lowest BCUT2D eigenvalue weighted by atomic mass is 9.98. The largest absolute Gasteiger partial charge is 0.497 e. The predicted molar refractivity (Wildman–Crippen MR) is 97.7 cm³/mol. The average molecular weight is 355 g/mol. The second-order valence-electron chi connectivity index (χ2n) is 7.31. The van der Waals surface area contributed by atoms with E-state index < -0.39 is 0 Å². The van der Waals surface area contributed by atoms with Crippen molar-refractivity contribution in [2.75, 3.05) is 14.2 Å². The highest BCUT2D eigenvalue weighted by Crippen LogP contribution is 2.30. The second-order valence-corrected chi connectivity index (χ2v) is 7.31. The lowest BCUT2D eigenvalue weighted by Crippen LogP contribution is -2.48. The highest BCUT2D eigenvalue weighted by molar-refractivity contribution is 5.93. The summed E-state index contributed by atoms with van der Waals surface area (Å²) >= 11 is 0. The second kappa shape index (κ2) is 6.72.